The average molecular weight is 439 g/mol. The summed E-state index contributed by atoms with van der Waals surface area (Å²) in [5, 5.41) is 12.6. The lowest BCUT2D eigenvalue weighted by molar-refractivity contribution is -0.135. The number of rotatable bonds is 5. The molecule has 2 N–H and O–H groups in total. The summed E-state index contributed by atoms with van der Waals surface area (Å²) >= 11 is 0. The Morgan fingerprint density at radius 2 is 1.58 bits per heavy atom. The van der Waals surface area contributed by atoms with Crippen molar-refractivity contribution in [2.75, 3.05) is 45.8 Å². The second kappa shape index (κ2) is 11.0. The van der Waals surface area contributed by atoms with E-state index in [9.17, 15) is 14.7 Å². The number of aliphatic hydroxyl groups is 1. The Labute approximate surface area is 187 Å². The highest BCUT2D eigenvalue weighted by Crippen LogP contribution is 2.22. The number of ether oxygens (including phenoxy) is 1. The summed E-state index contributed by atoms with van der Waals surface area (Å²) in [7, 11) is 0. The molecule has 3 aliphatic rings. The van der Waals surface area contributed by atoms with Crippen LogP contribution in [0.1, 0.15) is 65.7 Å². The molecule has 1 atom stereocenters. The second-order valence-electron chi connectivity index (χ2n) is 10.4. The normalized spacial score (nSPS) is 24.1. The minimum Gasteiger partial charge on any atom is -0.444 e. The van der Waals surface area contributed by atoms with Crippen molar-refractivity contribution < 1.29 is 19.4 Å². The topological polar surface area (TPSA) is 85.3 Å². The van der Waals surface area contributed by atoms with Gasteiger partial charge in [-0.2, -0.15) is 0 Å². The van der Waals surface area contributed by atoms with Gasteiger partial charge in [-0.15, -0.1) is 0 Å². The molecule has 0 aromatic heterocycles. The molecular weight excluding hydrogens is 396 g/mol. The number of amides is 2. The third-order valence-corrected chi connectivity index (χ3v) is 6.67. The van der Waals surface area contributed by atoms with Crippen LogP contribution in [-0.4, -0.2) is 101 Å². The Morgan fingerprint density at radius 3 is 2.16 bits per heavy atom. The van der Waals surface area contributed by atoms with Crippen molar-refractivity contribution in [1.82, 2.24) is 20.0 Å². The highest BCUT2D eigenvalue weighted by Gasteiger charge is 2.34. The smallest absolute Gasteiger partial charge is 0.408 e. The maximum Gasteiger partial charge on any atom is 0.408 e. The van der Waals surface area contributed by atoms with Gasteiger partial charge in [0.2, 0.25) is 5.91 Å². The van der Waals surface area contributed by atoms with Crippen LogP contribution in [0.25, 0.3) is 0 Å². The summed E-state index contributed by atoms with van der Waals surface area (Å²) in [4.78, 5) is 32.5. The summed E-state index contributed by atoms with van der Waals surface area (Å²) in [5.41, 5.74) is -0.611. The predicted octanol–water partition coefficient (Wildman–Crippen LogP) is 1.81. The van der Waals surface area contributed by atoms with E-state index < -0.39 is 17.7 Å². The van der Waals surface area contributed by atoms with Gasteiger partial charge in [0.05, 0.1) is 6.10 Å². The summed E-state index contributed by atoms with van der Waals surface area (Å²) < 4.78 is 5.42. The van der Waals surface area contributed by atoms with Crippen molar-refractivity contribution in [2.45, 2.75) is 89.5 Å². The van der Waals surface area contributed by atoms with Crippen LogP contribution in [0.3, 0.4) is 0 Å². The van der Waals surface area contributed by atoms with Crippen LogP contribution >= 0.6 is 0 Å². The molecule has 1 unspecified atom stereocenters. The van der Waals surface area contributed by atoms with Gasteiger partial charge < -0.3 is 29.9 Å². The zero-order valence-electron chi connectivity index (χ0n) is 19.6. The van der Waals surface area contributed by atoms with E-state index in [1.807, 2.05) is 25.7 Å². The first-order valence-electron chi connectivity index (χ1n) is 12.1. The highest BCUT2D eigenvalue weighted by molar-refractivity contribution is 5.86. The molecule has 31 heavy (non-hydrogen) atoms. The van der Waals surface area contributed by atoms with E-state index in [-0.39, 0.29) is 12.0 Å². The van der Waals surface area contributed by atoms with Crippen LogP contribution < -0.4 is 5.32 Å². The lowest BCUT2D eigenvalue weighted by Crippen LogP contribution is -2.57. The SMILES string of the molecule is CC(C)(C)OC(=O)NC(CN1CCC(O)CC1)C(=O)N1CCC(N2CCCCC2)CC1. The number of carbonyl (C=O) groups is 2. The molecule has 3 aliphatic heterocycles. The van der Waals surface area contributed by atoms with E-state index in [1.54, 1.807) is 0 Å². The Bertz CT molecular complexity index is 587. The van der Waals surface area contributed by atoms with E-state index in [1.165, 1.54) is 32.4 Å². The van der Waals surface area contributed by atoms with E-state index in [0.717, 1.165) is 39.0 Å². The van der Waals surface area contributed by atoms with Crippen molar-refractivity contribution in [3.63, 3.8) is 0 Å². The van der Waals surface area contributed by atoms with E-state index in [4.69, 9.17) is 4.74 Å². The first-order chi connectivity index (χ1) is 14.7. The van der Waals surface area contributed by atoms with Crippen molar-refractivity contribution in [3.8, 4) is 0 Å². The number of carbonyl (C=O) groups excluding carboxylic acids is 2. The fraction of sp³-hybridized carbons (Fsp3) is 0.913. The van der Waals surface area contributed by atoms with Crippen LogP contribution in [0.5, 0.6) is 0 Å². The third-order valence-electron chi connectivity index (χ3n) is 6.67. The molecule has 2 amide bonds. The average Bonchev–Trinajstić information content (AvgIpc) is 2.74. The molecule has 0 saturated carbocycles. The molecule has 0 aromatic carbocycles. The number of hydrogen-bond donors (Lipinski definition) is 2. The monoisotopic (exact) mass is 438 g/mol. The number of aliphatic hydroxyl groups excluding tert-OH is 1. The Morgan fingerprint density at radius 1 is 0.968 bits per heavy atom. The van der Waals surface area contributed by atoms with Crippen LogP contribution in [0.2, 0.25) is 0 Å². The molecule has 3 fully saturated rings. The molecular formula is C23H42N4O4. The first kappa shape index (κ1) is 24.3. The number of nitrogens with one attached hydrogen (secondary N) is 1. The number of piperidine rings is 3. The summed E-state index contributed by atoms with van der Waals surface area (Å²) in [6.45, 7) is 11.2. The lowest BCUT2D eigenvalue weighted by atomic mass is 9.99. The lowest BCUT2D eigenvalue weighted by Gasteiger charge is -2.41. The molecule has 8 heteroatoms. The zero-order chi connectivity index (χ0) is 22.4. The van der Waals surface area contributed by atoms with Crippen molar-refractivity contribution in [2.24, 2.45) is 0 Å². The summed E-state index contributed by atoms with van der Waals surface area (Å²) in [5.74, 6) is -0.0194. The molecule has 0 aromatic rings. The van der Waals surface area contributed by atoms with Crippen molar-refractivity contribution in [1.29, 1.82) is 0 Å². The third kappa shape index (κ3) is 7.61. The van der Waals surface area contributed by atoms with E-state index >= 15 is 0 Å². The van der Waals surface area contributed by atoms with Crippen molar-refractivity contribution >= 4 is 12.0 Å². The largest absolute Gasteiger partial charge is 0.444 e. The minimum atomic E-state index is -0.628. The number of hydrogen-bond acceptors (Lipinski definition) is 6. The van der Waals surface area contributed by atoms with Gasteiger partial charge in [-0.05, 0) is 72.4 Å². The van der Waals surface area contributed by atoms with Crippen LogP contribution in [-0.2, 0) is 9.53 Å². The van der Waals surface area contributed by atoms with Crippen LogP contribution in [0, 0.1) is 0 Å². The van der Waals surface area contributed by atoms with Crippen LogP contribution in [0.4, 0.5) is 4.79 Å². The zero-order valence-corrected chi connectivity index (χ0v) is 19.6. The number of nitrogens with zero attached hydrogens (tertiary/aromatic N) is 3. The Kier molecular flexibility index (Phi) is 8.58. The van der Waals surface area contributed by atoms with Gasteiger partial charge in [-0.1, -0.05) is 6.42 Å². The quantitative estimate of drug-likeness (QED) is 0.681. The fourth-order valence-corrected chi connectivity index (χ4v) is 4.95. The van der Waals surface area contributed by atoms with Gasteiger partial charge in [0.1, 0.15) is 11.6 Å². The number of alkyl carbamates (subject to hydrolysis) is 1. The van der Waals surface area contributed by atoms with Gasteiger partial charge in [0.25, 0.3) is 0 Å². The molecule has 8 nitrogen and oxygen atoms in total. The molecule has 3 saturated heterocycles. The fourth-order valence-electron chi connectivity index (χ4n) is 4.95. The Balaban J connectivity index is 1.57. The summed E-state index contributed by atoms with van der Waals surface area (Å²) in [6.07, 6.45) is 6.49. The minimum absolute atomic E-state index is 0.0194. The molecule has 0 radical (unpaired) electrons. The standard InChI is InChI=1S/C23H42N4O4/c1-23(2,3)31-22(30)24-20(17-25-13-9-19(28)10-14-25)21(29)27-15-7-18(8-16-27)26-11-5-4-6-12-26/h18-20,28H,4-17H2,1-3H3,(H,24,30). The van der Waals surface area contributed by atoms with Crippen molar-refractivity contribution in [3.05, 3.63) is 0 Å². The van der Waals surface area contributed by atoms with E-state index in [2.05, 4.69) is 15.1 Å². The first-order valence-corrected chi connectivity index (χ1v) is 12.1. The molecule has 3 heterocycles. The molecule has 0 aliphatic carbocycles. The highest BCUT2D eigenvalue weighted by atomic mass is 16.6. The van der Waals surface area contributed by atoms with Gasteiger partial charge in [-0.3, -0.25) is 4.79 Å². The van der Waals surface area contributed by atoms with Crippen LogP contribution in [0.15, 0.2) is 0 Å². The molecule has 3 rings (SSSR count). The molecule has 0 spiro atoms. The van der Waals surface area contributed by atoms with Gasteiger partial charge in [0, 0.05) is 38.8 Å². The molecule has 0 bridgehead atoms. The maximum absolute atomic E-state index is 13.4. The predicted molar refractivity (Wildman–Crippen MR) is 120 cm³/mol. The van der Waals surface area contributed by atoms with E-state index in [0.29, 0.717) is 25.4 Å². The second-order valence-corrected chi connectivity index (χ2v) is 10.4. The van der Waals surface area contributed by atoms with Gasteiger partial charge >= 0.3 is 6.09 Å². The molecule has 178 valence electrons. The van der Waals surface area contributed by atoms with Gasteiger partial charge in [0.15, 0.2) is 0 Å². The van der Waals surface area contributed by atoms with Gasteiger partial charge in [-0.25, -0.2) is 4.79 Å². The Hall–Kier alpha value is -1.38. The number of likely N-dealkylation sites (tertiary alicyclic amines) is 3. The maximum atomic E-state index is 13.4. The summed E-state index contributed by atoms with van der Waals surface area (Å²) in [6, 6.07) is -0.0539.